The second-order valence-corrected chi connectivity index (χ2v) is 9.27. The first kappa shape index (κ1) is 27.3. The van der Waals surface area contributed by atoms with E-state index in [-0.39, 0.29) is 23.6 Å². The van der Waals surface area contributed by atoms with Crippen LogP contribution in [0.4, 0.5) is 13.2 Å². The Morgan fingerprint density at radius 3 is 2.61 bits per heavy atom. The molecule has 1 N–H and O–H groups in total. The number of ether oxygens (including phenoxy) is 2. The molecule has 0 radical (unpaired) electrons. The van der Waals surface area contributed by atoms with Gasteiger partial charge in [-0.2, -0.15) is 10.4 Å². The Bertz CT molecular complexity index is 1330. The summed E-state index contributed by atoms with van der Waals surface area (Å²) in [7, 11) is 0. The number of nitriles is 1. The van der Waals surface area contributed by atoms with Crippen LogP contribution in [-0.4, -0.2) is 39.4 Å². The first-order valence-electron chi connectivity index (χ1n) is 12.1. The van der Waals surface area contributed by atoms with Gasteiger partial charge in [-0.1, -0.05) is 37.3 Å². The molecule has 3 aromatic rings. The molecule has 1 aromatic heterocycles. The van der Waals surface area contributed by atoms with Crippen molar-refractivity contribution in [3.63, 3.8) is 0 Å². The van der Waals surface area contributed by atoms with Gasteiger partial charge < -0.3 is 14.6 Å². The minimum atomic E-state index is -1.68. The molecular weight excluding hydrogens is 497 g/mol. The minimum absolute atomic E-state index is 0.00907. The van der Waals surface area contributed by atoms with Crippen LogP contribution < -0.4 is 0 Å². The summed E-state index contributed by atoms with van der Waals surface area (Å²) >= 11 is 0. The standard InChI is InChI=1S/C28H27F3N4O3/c1-19(28(36,16-35-18-33-17-34-35)24-9-8-23(29)12-26(24)31)10-21-14-37-27(38-15-21)5-3-2-4-20-6-7-22(13-32)25(30)11-20/h2-9,11-12,17-19,21,27,36H,10,14-16H2,1H3. The summed E-state index contributed by atoms with van der Waals surface area (Å²) in [6, 6.07) is 9.26. The number of nitrogens with zero attached hydrogens (tertiary/aromatic N) is 4. The van der Waals surface area contributed by atoms with Gasteiger partial charge in [-0.15, -0.1) is 0 Å². The zero-order chi connectivity index (χ0) is 27.1. The molecule has 2 aromatic carbocycles. The summed E-state index contributed by atoms with van der Waals surface area (Å²) in [6.07, 6.45) is 9.45. The molecule has 2 atom stereocenters. The number of allylic oxidation sites excluding steroid dienone is 2. The third-order valence-corrected chi connectivity index (χ3v) is 6.54. The fourth-order valence-corrected chi connectivity index (χ4v) is 4.46. The second kappa shape index (κ2) is 12.2. The van der Waals surface area contributed by atoms with Crippen LogP contribution in [-0.2, 0) is 21.6 Å². The van der Waals surface area contributed by atoms with Gasteiger partial charge in [-0.05, 0) is 42.2 Å². The van der Waals surface area contributed by atoms with E-state index in [4.69, 9.17) is 14.7 Å². The van der Waals surface area contributed by atoms with Gasteiger partial charge in [0.15, 0.2) is 6.29 Å². The maximum atomic E-state index is 14.7. The molecule has 0 aliphatic carbocycles. The van der Waals surface area contributed by atoms with E-state index in [1.54, 1.807) is 43.4 Å². The lowest BCUT2D eigenvalue weighted by Crippen LogP contribution is -2.42. The van der Waals surface area contributed by atoms with E-state index >= 15 is 0 Å². The van der Waals surface area contributed by atoms with Gasteiger partial charge in [0.2, 0.25) is 0 Å². The van der Waals surface area contributed by atoms with Gasteiger partial charge in [-0.3, -0.25) is 0 Å². The van der Waals surface area contributed by atoms with Crippen LogP contribution in [0.2, 0.25) is 0 Å². The van der Waals surface area contributed by atoms with E-state index in [9.17, 15) is 18.3 Å². The fraction of sp³-hybridized carbons (Fsp3) is 0.321. The minimum Gasteiger partial charge on any atom is -0.383 e. The first-order valence-corrected chi connectivity index (χ1v) is 12.1. The lowest BCUT2D eigenvalue weighted by molar-refractivity contribution is -0.181. The highest BCUT2D eigenvalue weighted by Gasteiger charge is 2.40. The van der Waals surface area contributed by atoms with Crippen molar-refractivity contribution in [1.29, 1.82) is 5.26 Å². The van der Waals surface area contributed by atoms with Crippen molar-refractivity contribution in [2.45, 2.75) is 31.8 Å². The highest BCUT2D eigenvalue weighted by molar-refractivity contribution is 5.53. The summed E-state index contributed by atoms with van der Waals surface area (Å²) in [5.41, 5.74) is -1.10. The van der Waals surface area contributed by atoms with Crippen molar-refractivity contribution in [3.05, 3.63) is 101 Å². The van der Waals surface area contributed by atoms with Crippen molar-refractivity contribution in [2.24, 2.45) is 11.8 Å². The van der Waals surface area contributed by atoms with Crippen LogP contribution in [0, 0.1) is 40.6 Å². The maximum absolute atomic E-state index is 14.7. The van der Waals surface area contributed by atoms with Crippen molar-refractivity contribution in [2.75, 3.05) is 13.2 Å². The molecule has 0 amide bonds. The maximum Gasteiger partial charge on any atom is 0.177 e. The van der Waals surface area contributed by atoms with Crippen LogP contribution in [0.15, 0.2) is 67.3 Å². The Kier molecular flexibility index (Phi) is 8.73. The molecule has 0 spiro atoms. The third-order valence-electron chi connectivity index (χ3n) is 6.54. The molecule has 2 heterocycles. The van der Waals surface area contributed by atoms with Gasteiger partial charge in [0.1, 0.15) is 41.8 Å². The van der Waals surface area contributed by atoms with Gasteiger partial charge in [-0.25, -0.2) is 22.8 Å². The summed E-state index contributed by atoms with van der Waals surface area (Å²) in [6.45, 7) is 2.44. The van der Waals surface area contributed by atoms with Gasteiger partial charge in [0, 0.05) is 17.5 Å². The zero-order valence-corrected chi connectivity index (χ0v) is 20.7. The Balaban J connectivity index is 1.35. The third kappa shape index (κ3) is 6.55. The monoisotopic (exact) mass is 524 g/mol. The van der Waals surface area contributed by atoms with Crippen molar-refractivity contribution >= 4 is 6.08 Å². The Labute approximate surface area is 218 Å². The van der Waals surface area contributed by atoms with Gasteiger partial charge in [0.05, 0.1) is 25.3 Å². The van der Waals surface area contributed by atoms with Crippen molar-refractivity contribution < 1.29 is 27.8 Å². The molecule has 0 bridgehead atoms. The molecule has 0 saturated carbocycles. The molecule has 1 aliphatic heterocycles. The van der Waals surface area contributed by atoms with Crippen LogP contribution in [0.3, 0.4) is 0 Å². The van der Waals surface area contributed by atoms with E-state index in [0.29, 0.717) is 25.2 Å². The molecule has 1 aliphatic rings. The van der Waals surface area contributed by atoms with Crippen molar-refractivity contribution in [3.8, 4) is 6.07 Å². The number of hydrogen-bond acceptors (Lipinski definition) is 6. The van der Waals surface area contributed by atoms with E-state index in [1.807, 2.05) is 0 Å². The summed E-state index contributed by atoms with van der Waals surface area (Å²) in [5, 5.41) is 24.5. The number of hydrogen-bond donors (Lipinski definition) is 1. The molecule has 2 unspecified atom stereocenters. The van der Waals surface area contributed by atoms with Crippen LogP contribution >= 0.6 is 0 Å². The Morgan fingerprint density at radius 2 is 1.95 bits per heavy atom. The van der Waals surface area contributed by atoms with Gasteiger partial charge >= 0.3 is 0 Å². The van der Waals surface area contributed by atoms with Crippen LogP contribution in [0.1, 0.15) is 30.0 Å². The highest BCUT2D eigenvalue weighted by Crippen LogP contribution is 2.37. The van der Waals surface area contributed by atoms with Crippen molar-refractivity contribution in [1.82, 2.24) is 14.8 Å². The average molecular weight is 525 g/mol. The van der Waals surface area contributed by atoms with E-state index < -0.39 is 35.3 Å². The van der Waals surface area contributed by atoms with Gasteiger partial charge in [0.25, 0.3) is 0 Å². The number of aromatic nitrogens is 3. The molecular formula is C28H27F3N4O3. The molecule has 1 saturated heterocycles. The SMILES string of the molecule is CC(CC1COC(C=CC=Cc2ccc(C#N)c(F)c2)OC1)C(O)(Cn1cncn1)c1ccc(F)cc1F. The normalized spacial score (nSPS) is 20.4. The first-order chi connectivity index (χ1) is 18.3. The molecule has 1 fully saturated rings. The largest absolute Gasteiger partial charge is 0.383 e. The number of aliphatic hydroxyl groups is 1. The smallest absolute Gasteiger partial charge is 0.177 e. The zero-order valence-electron chi connectivity index (χ0n) is 20.7. The lowest BCUT2D eigenvalue weighted by atomic mass is 9.77. The quantitative estimate of drug-likeness (QED) is 0.407. The topological polar surface area (TPSA) is 93.2 Å². The predicted octanol–water partition coefficient (Wildman–Crippen LogP) is 4.74. The number of benzene rings is 2. The fourth-order valence-electron chi connectivity index (χ4n) is 4.46. The predicted molar refractivity (Wildman–Crippen MR) is 133 cm³/mol. The summed E-state index contributed by atoms with van der Waals surface area (Å²) in [5.74, 6) is -2.68. The van der Waals surface area contributed by atoms with E-state index in [1.165, 1.54) is 35.5 Å². The molecule has 7 nitrogen and oxygen atoms in total. The summed E-state index contributed by atoms with van der Waals surface area (Å²) in [4.78, 5) is 3.89. The molecule has 10 heteroatoms. The number of halogens is 3. The molecule has 38 heavy (non-hydrogen) atoms. The van der Waals surface area contributed by atoms with E-state index in [0.717, 1.165) is 12.1 Å². The second-order valence-electron chi connectivity index (χ2n) is 9.27. The number of rotatable bonds is 9. The average Bonchev–Trinajstić information content (AvgIpc) is 3.40. The summed E-state index contributed by atoms with van der Waals surface area (Å²) < 4.78 is 55.0. The van der Waals surface area contributed by atoms with Crippen LogP contribution in [0.5, 0.6) is 0 Å². The molecule has 198 valence electrons. The highest BCUT2D eigenvalue weighted by atomic mass is 19.1. The van der Waals surface area contributed by atoms with E-state index in [2.05, 4.69) is 10.1 Å². The van der Waals surface area contributed by atoms with Crippen LogP contribution in [0.25, 0.3) is 6.08 Å². The lowest BCUT2D eigenvalue weighted by Gasteiger charge is -2.38. The Morgan fingerprint density at radius 1 is 1.16 bits per heavy atom. The Hall–Kier alpha value is -3.78. The molecule has 4 rings (SSSR count).